The largest absolute Gasteiger partial charge is 0.376 e. The van der Waals surface area contributed by atoms with Crippen LogP contribution in [0.2, 0.25) is 0 Å². The predicted octanol–water partition coefficient (Wildman–Crippen LogP) is 0.930. The van der Waals surface area contributed by atoms with Gasteiger partial charge in [-0.2, -0.15) is 17.0 Å². The number of nitrogens with zero attached hydrogens (tertiary/aromatic N) is 2. The zero-order valence-electron chi connectivity index (χ0n) is 11.5. The van der Waals surface area contributed by atoms with Crippen LogP contribution in [-0.4, -0.2) is 55.9 Å². The van der Waals surface area contributed by atoms with E-state index >= 15 is 0 Å². The molecule has 0 amide bonds. The lowest BCUT2D eigenvalue weighted by molar-refractivity contribution is 0.00751. The molecule has 0 aromatic carbocycles. The summed E-state index contributed by atoms with van der Waals surface area (Å²) in [6, 6.07) is 0. The molecule has 0 aromatic rings. The Labute approximate surface area is 110 Å². The lowest BCUT2D eigenvalue weighted by Crippen LogP contribution is -2.53. The molecule has 18 heavy (non-hydrogen) atoms. The first-order valence-electron chi connectivity index (χ1n) is 6.76. The van der Waals surface area contributed by atoms with E-state index in [0.717, 1.165) is 6.42 Å². The average molecular weight is 276 g/mol. The smallest absolute Gasteiger partial charge is 0.282 e. The monoisotopic (exact) mass is 276 g/mol. The van der Waals surface area contributed by atoms with Crippen molar-refractivity contribution in [3.05, 3.63) is 0 Å². The molecule has 106 valence electrons. The van der Waals surface area contributed by atoms with E-state index in [1.165, 1.54) is 0 Å². The first-order chi connectivity index (χ1) is 8.39. The number of hydrogen-bond acceptors (Lipinski definition) is 3. The second-order valence-electron chi connectivity index (χ2n) is 5.81. The Morgan fingerprint density at radius 2 is 1.61 bits per heavy atom. The highest BCUT2D eigenvalue weighted by Crippen LogP contribution is 2.25. The van der Waals surface area contributed by atoms with Gasteiger partial charge < -0.3 is 4.74 Å². The van der Waals surface area contributed by atoms with Gasteiger partial charge in [-0.05, 0) is 25.2 Å². The minimum atomic E-state index is -3.30. The molecular weight excluding hydrogens is 252 g/mol. The molecule has 5 nitrogen and oxygen atoms in total. The lowest BCUT2D eigenvalue weighted by Gasteiger charge is -2.39. The molecular formula is C12H24N2O3S. The first-order valence-corrected chi connectivity index (χ1v) is 8.16. The van der Waals surface area contributed by atoms with Crippen molar-refractivity contribution in [1.82, 2.24) is 8.61 Å². The fourth-order valence-electron chi connectivity index (χ4n) is 2.95. The van der Waals surface area contributed by atoms with Gasteiger partial charge in [-0.3, -0.25) is 0 Å². The van der Waals surface area contributed by atoms with E-state index in [1.54, 1.807) is 8.61 Å². The summed E-state index contributed by atoms with van der Waals surface area (Å²) in [5, 5.41) is 0. The SMILES string of the molecule is CC1CC(C)CN(S(=O)(=O)N2CCOC(C)C2)C1. The average Bonchev–Trinajstić information content (AvgIpc) is 2.27. The predicted molar refractivity (Wildman–Crippen MR) is 70.4 cm³/mol. The third-order valence-electron chi connectivity index (χ3n) is 3.69. The number of piperidine rings is 1. The Hall–Kier alpha value is -0.170. The van der Waals surface area contributed by atoms with Gasteiger partial charge in [-0.1, -0.05) is 13.8 Å². The number of rotatable bonds is 2. The van der Waals surface area contributed by atoms with Crippen LogP contribution >= 0.6 is 0 Å². The quantitative estimate of drug-likeness (QED) is 0.754. The summed E-state index contributed by atoms with van der Waals surface area (Å²) in [6.45, 7) is 8.92. The minimum absolute atomic E-state index is 0.00633. The van der Waals surface area contributed by atoms with E-state index in [4.69, 9.17) is 4.74 Å². The first kappa shape index (κ1) is 14.2. The summed E-state index contributed by atoms with van der Waals surface area (Å²) < 4.78 is 33.8. The molecule has 0 aromatic heterocycles. The highest BCUT2D eigenvalue weighted by atomic mass is 32.2. The van der Waals surface area contributed by atoms with E-state index in [1.807, 2.05) is 6.92 Å². The number of ether oxygens (including phenoxy) is 1. The van der Waals surface area contributed by atoms with Crippen molar-refractivity contribution in [2.75, 3.05) is 32.8 Å². The van der Waals surface area contributed by atoms with Crippen LogP contribution in [0.4, 0.5) is 0 Å². The lowest BCUT2D eigenvalue weighted by atomic mass is 9.94. The van der Waals surface area contributed by atoms with Crippen molar-refractivity contribution in [2.24, 2.45) is 11.8 Å². The van der Waals surface area contributed by atoms with Crippen molar-refractivity contribution in [2.45, 2.75) is 33.3 Å². The van der Waals surface area contributed by atoms with E-state index < -0.39 is 10.2 Å². The second-order valence-corrected chi connectivity index (χ2v) is 7.74. The van der Waals surface area contributed by atoms with Crippen LogP contribution < -0.4 is 0 Å². The topological polar surface area (TPSA) is 49.9 Å². The van der Waals surface area contributed by atoms with E-state index in [2.05, 4.69) is 13.8 Å². The van der Waals surface area contributed by atoms with Gasteiger partial charge in [0, 0.05) is 26.2 Å². The second kappa shape index (κ2) is 5.45. The standard InChI is InChI=1S/C12H24N2O3S/c1-10-6-11(2)8-14(7-10)18(15,16)13-4-5-17-12(3)9-13/h10-12H,4-9H2,1-3H3. The molecule has 0 saturated carbocycles. The summed E-state index contributed by atoms with van der Waals surface area (Å²) in [6.07, 6.45) is 1.11. The zero-order chi connectivity index (χ0) is 13.3. The molecule has 0 radical (unpaired) electrons. The number of morpholine rings is 1. The minimum Gasteiger partial charge on any atom is -0.376 e. The molecule has 3 unspecified atom stereocenters. The van der Waals surface area contributed by atoms with Crippen molar-refractivity contribution in [3.8, 4) is 0 Å². The van der Waals surface area contributed by atoms with E-state index in [9.17, 15) is 8.42 Å². The van der Waals surface area contributed by atoms with Gasteiger partial charge in [-0.15, -0.1) is 0 Å². The fraction of sp³-hybridized carbons (Fsp3) is 1.00. The molecule has 2 fully saturated rings. The van der Waals surface area contributed by atoms with Crippen LogP contribution in [0, 0.1) is 11.8 Å². The van der Waals surface area contributed by atoms with Gasteiger partial charge in [0.05, 0.1) is 12.7 Å². The molecule has 2 aliphatic heterocycles. The summed E-state index contributed by atoms with van der Waals surface area (Å²) in [7, 11) is -3.30. The number of hydrogen-bond donors (Lipinski definition) is 0. The van der Waals surface area contributed by atoms with Crippen LogP contribution in [0.1, 0.15) is 27.2 Å². The summed E-state index contributed by atoms with van der Waals surface area (Å²) in [4.78, 5) is 0. The Morgan fingerprint density at radius 1 is 1.00 bits per heavy atom. The van der Waals surface area contributed by atoms with Crippen LogP contribution in [0.15, 0.2) is 0 Å². The molecule has 2 rings (SSSR count). The summed E-state index contributed by atoms with van der Waals surface area (Å²) in [5.74, 6) is 0.893. The molecule has 3 atom stereocenters. The maximum atomic E-state index is 12.6. The van der Waals surface area contributed by atoms with E-state index in [-0.39, 0.29) is 6.10 Å². The van der Waals surface area contributed by atoms with Gasteiger partial charge in [-0.25, -0.2) is 0 Å². The molecule has 2 heterocycles. The summed E-state index contributed by atoms with van der Waals surface area (Å²) >= 11 is 0. The van der Waals surface area contributed by atoms with Crippen LogP contribution in [-0.2, 0) is 14.9 Å². The fourth-order valence-corrected chi connectivity index (χ4v) is 4.87. The van der Waals surface area contributed by atoms with E-state index in [0.29, 0.717) is 44.6 Å². The maximum absolute atomic E-state index is 12.6. The van der Waals surface area contributed by atoms with Crippen molar-refractivity contribution < 1.29 is 13.2 Å². The maximum Gasteiger partial charge on any atom is 0.282 e. The third kappa shape index (κ3) is 3.04. The highest BCUT2D eigenvalue weighted by Gasteiger charge is 2.36. The normalized spacial score (nSPS) is 36.7. The van der Waals surface area contributed by atoms with Crippen LogP contribution in [0.5, 0.6) is 0 Å². The Bertz CT molecular complexity index is 375. The zero-order valence-corrected chi connectivity index (χ0v) is 12.3. The van der Waals surface area contributed by atoms with Gasteiger partial charge in [0.2, 0.25) is 0 Å². The molecule has 0 spiro atoms. The Kier molecular flexibility index (Phi) is 4.31. The van der Waals surface area contributed by atoms with Gasteiger partial charge in [0.1, 0.15) is 0 Å². The van der Waals surface area contributed by atoms with Crippen molar-refractivity contribution >= 4 is 10.2 Å². The summed E-state index contributed by atoms with van der Waals surface area (Å²) in [5.41, 5.74) is 0. The van der Waals surface area contributed by atoms with Gasteiger partial charge in [0.25, 0.3) is 10.2 Å². The third-order valence-corrected chi connectivity index (χ3v) is 5.63. The molecule has 6 heteroatoms. The molecule has 0 N–H and O–H groups in total. The van der Waals surface area contributed by atoms with Crippen LogP contribution in [0.3, 0.4) is 0 Å². The van der Waals surface area contributed by atoms with Crippen molar-refractivity contribution in [1.29, 1.82) is 0 Å². The van der Waals surface area contributed by atoms with Crippen LogP contribution in [0.25, 0.3) is 0 Å². The Balaban J connectivity index is 2.09. The van der Waals surface area contributed by atoms with Gasteiger partial charge >= 0.3 is 0 Å². The van der Waals surface area contributed by atoms with Crippen molar-refractivity contribution in [3.63, 3.8) is 0 Å². The molecule has 2 saturated heterocycles. The molecule has 2 aliphatic rings. The highest BCUT2D eigenvalue weighted by molar-refractivity contribution is 7.86. The van der Waals surface area contributed by atoms with Gasteiger partial charge in [0.15, 0.2) is 0 Å². The molecule has 0 bridgehead atoms. The Morgan fingerprint density at radius 3 is 2.17 bits per heavy atom. The molecule has 0 aliphatic carbocycles.